The number of carbonyl (C=O) groups excluding carboxylic acids is 1. The highest BCUT2D eigenvalue weighted by Crippen LogP contribution is 2.01. The first-order valence-electron chi connectivity index (χ1n) is 5.92. The quantitative estimate of drug-likeness (QED) is 0.515. The summed E-state index contributed by atoms with van der Waals surface area (Å²) in [5, 5.41) is 22.0. The van der Waals surface area contributed by atoms with Gasteiger partial charge in [0.1, 0.15) is 6.04 Å². The zero-order valence-corrected chi connectivity index (χ0v) is 10.6. The average molecular weight is 260 g/mol. The van der Waals surface area contributed by atoms with Crippen LogP contribution in [0.25, 0.3) is 0 Å². The van der Waals surface area contributed by atoms with E-state index < -0.39 is 30.4 Å². The SMILES string of the molecule is CCCC(CC)NC(=O)N[C@@H](CC(=O)O)C(=O)O. The Labute approximate surface area is 106 Å². The Hall–Kier alpha value is -1.79. The molecule has 0 saturated carbocycles. The van der Waals surface area contributed by atoms with Crippen molar-refractivity contribution >= 4 is 18.0 Å². The second kappa shape index (κ2) is 8.32. The predicted molar refractivity (Wildman–Crippen MR) is 64.3 cm³/mol. The van der Waals surface area contributed by atoms with Crippen LogP contribution in [0.4, 0.5) is 4.79 Å². The summed E-state index contributed by atoms with van der Waals surface area (Å²) in [5.74, 6) is -2.64. The van der Waals surface area contributed by atoms with Crippen molar-refractivity contribution in [2.75, 3.05) is 0 Å². The van der Waals surface area contributed by atoms with E-state index in [1.807, 2.05) is 13.8 Å². The molecule has 0 radical (unpaired) electrons. The number of amides is 2. The van der Waals surface area contributed by atoms with Gasteiger partial charge in [0, 0.05) is 6.04 Å². The van der Waals surface area contributed by atoms with Crippen LogP contribution in [0.2, 0.25) is 0 Å². The van der Waals surface area contributed by atoms with Gasteiger partial charge < -0.3 is 20.8 Å². The predicted octanol–water partition coefficient (Wildman–Crippen LogP) is 0.792. The fraction of sp³-hybridized carbons (Fsp3) is 0.727. The van der Waals surface area contributed by atoms with Gasteiger partial charge in [-0.3, -0.25) is 4.79 Å². The van der Waals surface area contributed by atoms with Crippen LogP contribution in [0.15, 0.2) is 0 Å². The van der Waals surface area contributed by atoms with Crippen LogP contribution in [-0.2, 0) is 9.59 Å². The van der Waals surface area contributed by atoms with Crippen molar-refractivity contribution in [1.82, 2.24) is 10.6 Å². The van der Waals surface area contributed by atoms with Gasteiger partial charge in [-0.15, -0.1) is 0 Å². The summed E-state index contributed by atoms with van der Waals surface area (Å²) < 4.78 is 0. The van der Waals surface area contributed by atoms with Crippen molar-refractivity contribution in [3.63, 3.8) is 0 Å². The average Bonchev–Trinajstić information content (AvgIpc) is 2.26. The topological polar surface area (TPSA) is 116 Å². The molecule has 0 aromatic rings. The zero-order valence-electron chi connectivity index (χ0n) is 10.6. The van der Waals surface area contributed by atoms with E-state index in [0.29, 0.717) is 0 Å². The van der Waals surface area contributed by atoms with E-state index in [1.54, 1.807) is 0 Å². The summed E-state index contributed by atoms with van der Waals surface area (Å²) in [4.78, 5) is 32.7. The highest BCUT2D eigenvalue weighted by atomic mass is 16.4. The highest BCUT2D eigenvalue weighted by Gasteiger charge is 2.23. The molecule has 0 heterocycles. The van der Waals surface area contributed by atoms with Gasteiger partial charge in [-0.25, -0.2) is 9.59 Å². The molecule has 0 aromatic carbocycles. The van der Waals surface area contributed by atoms with E-state index >= 15 is 0 Å². The number of carboxylic acid groups (broad SMARTS) is 2. The molecule has 104 valence electrons. The summed E-state index contributed by atoms with van der Waals surface area (Å²) in [5.41, 5.74) is 0. The van der Waals surface area contributed by atoms with Crippen molar-refractivity contribution in [1.29, 1.82) is 0 Å². The lowest BCUT2D eigenvalue weighted by Gasteiger charge is -2.18. The van der Waals surface area contributed by atoms with Crippen LogP contribution >= 0.6 is 0 Å². The summed E-state index contributed by atoms with van der Waals surface area (Å²) in [7, 11) is 0. The van der Waals surface area contributed by atoms with E-state index in [4.69, 9.17) is 10.2 Å². The third kappa shape index (κ3) is 6.72. The summed E-state index contributed by atoms with van der Waals surface area (Å²) in [6.07, 6.45) is 1.78. The smallest absolute Gasteiger partial charge is 0.326 e. The van der Waals surface area contributed by atoms with Crippen LogP contribution in [0.5, 0.6) is 0 Å². The molecular weight excluding hydrogens is 240 g/mol. The molecule has 0 bridgehead atoms. The maximum atomic E-state index is 11.5. The molecule has 2 atom stereocenters. The molecule has 0 saturated heterocycles. The van der Waals surface area contributed by atoms with Gasteiger partial charge >= 0.3 is 18.0 Å². The number of urea groups is 1. The van der Waals surface area contributed by atoms with Gasteiger partial charge in [0.25, 0.3) is 0 Å². The Morgan fingerprint density at radius 2 is 1.72 bits per heavy atom. The molecule has 1 unspecified atom stereocenters. The Balaban J connectivity index is 4.32. The second-order valence-electron chi connectivity index (χ2n) is 4.00. The third-order valence-corrected chi connectivity index (χ3v) is 2.45. The van der Waals surface area contributed by atoms with Gasteiger partial charge in [-0.1, -0.05) is 20.3 Å². The first-order valence-corrected chi connectivity index (χ1v) is 5.92. The fourth-order valence-corrected chi connectivity index (χ4v) is 1.49. The van der Waals surface area contributed by atoms with Crippen molar-refractivity contribution in [3.8, 4) is 0 Å². The molecule has 0 aromatic heterocycles. The molecule has 7 nitrogen and oxygen atoms in total. The van der Waals surface area contributed by atoms with Gasteiger partial charge in [0.05, 0.1) is 6.42 Å². The van der Waals surface area contributed by atoms with Crippen molar-refractivity contribution in [2.24, 2.45) is 0 Å². The highest BCUT2D eigenvalue weighted by molar-refractivity contribution is 5.86. The number of nitrogens with one attached hydrogen (secondary N) is 2. The Morgan fingerprint density at radius 1 is 1.11 bits per heavy atom. The molecule has 0 aliphatic carbocycles. The fourth-order valence-electron chi connectivity index (χ4n) is 1.49. The van der Waals surface area contributed by atoms with Crippen molar-refractivity contribution in [2.45, 2.75) is 51.6 Å². The van der Waals surface area contributed by atoms with Gasteiger partial charge in [0.2, 0.25) is 0 Å². The lowest BCUT2D eigenvalue weighted by molar-refractivity contribution is -0.145. The monoisotopic (exact) mass is 260 g/mol. The lowest BCUT2D eigenvalue weighted by atomic mass is 10.1. The normalized spacial score (nSPS) is 13.4. The van der Waals surface area contributed by atoms with Gasteiger partial charge in [0.15, 0.2) is 0 Å². The Bertz CT molecular complexity index is 306. The zero-order chi connectivity index (χ0) is 14.1. The first-order chi connectivity index (χ1) is 8.40. The maximum absolute atomic E-state index is 11.5. The second-order valence-corrected chi connectivity index (χ2v) is 4.00. The molecule has 2 amide bonds. The largest absolute Gasteiger partial charge is 0.481 e. The minimum Gasteiger partial charge on any atom is -0.481 e. The molecule has 4 N–H and O–H groups in total. The summed E-state index contributed by atoms with van der Waals surface area (Å²) in [6.45, 7) is 3.89. The van der Waals surface area contributed by atoms with Crippen LogP contribution in [-0.4, -0.2) is 40.3 Å². The molecule has 0 spiro atoms. The number of carboxylic acids is 2. The first kappa shape index (κ1) is 16.2. The molecular formula is C11H20N2O5. The van der Waals surface area contributed by atoms with Crippen LogP contribution < -0.4 is 10.6 Å². The van der Waals surface area contributed by atoms with Gasteiger partial charge in [-0.05, 0) is 12.8 Å². The van der Waals surface area contributed by atoms with E-state index in [2.05, 4.69) is 10.6 Å². The minimum absolute atomic E-state index is 0.0331. The lowest BCUT2D eigenvalue weighted by Crippen LogP contribution is -2.49. The summed E-state index contributed by atoms with van der Waals surface area (Å²) >= 11 is 0. The van der Waals surface area contributed by atoms with Crippen molar-refractivity contribution < 1.29 is 24.6 Å². The summed E-state index contributed by atoms with van der Waals surface area (Å²) in [6, 6.07) is -2.10. The molecule has 0 aliphatic rings. The van der Waals surface area contributed by atoms with E-state index in [0.717, 1.165) is 19.3 Å². The number of aliphatic carboxylic acids is 2. The van der Waals surface area contributed by atoms with E-state index in [-0.39, 0.29) is 6.04 Å². The number of carbonyl (C=O) groups is 3. The van der Waals surface area contributed by atoms with Crippen LogP contribution in [0.1, 0.15) is 39.5 Å². The standard InChI is InChI=1S/C11H20N2O5/c1-3-5-7(4-2)12-11(18)13-8(10(16)17)6-9(14)15/h7-8H,3-6H2,1-2H3,(H,14,15)(H,16,17)(H2,12,13,18)/t7?,8-/m0/s1. The van der Waals surface area contributed by atoms with Crippen molar-refractivity contribution in [3.05, 3.63) is 0 Å². The van der Waals surface area contributed by atoms with E-state index in [9.17, 15) is 14.4 Å². The number of hydrogen-bond acceptors (Lipinski definition) is 3. The Kier molecular flexibility index (Phi) is 7.50. The van der Waals surface area contributed by atoms with Crippen LogP contribution in [0, 0.1) is 0 Å². The number of hydrogen-bond donors (Lipinski definition) is 4. The molecule has 7 heteroatoms. The van der Waals surface area contributed by atoms with E-state index in [1.165, 1.54) is 0 Å². The van der Waals surface area contributed by atoms with Crippen LogP contribution in [0.3, 0.4) is 0 Å². The minimum atomic E-state index is -1.42. The number of rotatable bonds is 8. The molecule has 0 aliphatic heterocycles. The Morgan fingerprint density at radius 3 is 2.11 bits per heavy atom. The third-order valence-electron chi connectivity index (χ3n) is 2.45. The van der Waals surface area contributed by atoms with Gasteiger partial charge in [-0.2, -0.15) is 0 Å². The molecule has 0 fully saturated rings. The molecule has 0 rings (SSSR count). The maximum Gasteiger partial charge on any atom is 0.326 e. The molecule has 18 heavy (non-hydrogen) atoms.